The van der Waals surface area contributed by atoms with Crippen molar-refractivity contribution in [2.45, 2.75) is 43.6 Å². The minimum Gasteiger partial charge on any atom is -0.347 e. The fraction of sp³-hybridized carbons (Fsp3) is 0.375. The van der Waals surface area contributed by atoms with Gasteiger partial charge in [-0.15, -0.1) is 0 Å². The molecule has 6 nitrogen and oxygen atoms in total. The maximum absolute atomic E-state index is 13.0. The van der Waals surface area contributed by atoms with E-state index in [9.17, 15) is 14.4 Å². The predicted octanol–water partition coefficient (Wildman–Crippen LogP) is 2.38. The van der Waals surface area contributed by atoms with Gasteiger partial charge in [0, 0.05) is 29.7 Å². The van der Waals surface area contributed by atoms with Crippen LogP contribution in [0.25, 0.3) is 0 Å². The Morgan fingerprint density at radius 2 is 1.84 bits per heavy atom. The first-order valence-electron chi connectivity index (χ1n) is 10.7. The molecule has 3 amide bonds. The number of benzene rings is 2. The van der Waals surface area contributed by atoms with Crippen molar-refractivity contribution in [3.05, 3.63) is 71.3 Å². The summed E-state index contributed by atoms with van der Waals surface area (Å²) in [6.07, 6.45) is 1.36. The van der Waals surface area contributed by atoms with Gasteiger partial charge in [-0.3, -0.25) is 14.4 Å². The molecule has 0 unspecified atom stereocenters. The third kappa shape index (κ3) is 4.93. The molecule has 0 radical (unpaired) electrons. The summed E-state index contributed by atoms with van der Waals surface area (Å²) in [5.74, 6) is 0.960. The Morgan fingerprint density at radius 3 is 2.55 bits per heavy atom. The zero-order valence-corrected chi connectivity index (χ0v) is 18.4. The minimum absolute atomic E-state index is 0.0609. The summed E-state index contributed by atoms with van der Waals surface area (Å²) in [6, 6.07) is 16.3. The van der Waals surface area contributed by atoms with Crippen molar-refractivity contribution in [3.63, 3.8) is 0 Å². The second-order valence-electron chi connectivity index (χ2n) is 8.02. The molecule has 31 heavy (non-hydrogen) atoms. The second-order valence-corrected chi connectivity index (χ2v) is 9.06. The lowest BCUT2D eigenvalue weighted by atomic mass is 10.1. The van der Waals surface area contributed by atoms with Crippen molar-refractivity contribution in [2.24, 2.45) is 0 Å². The molecule has 2 aromatic rings. The lowest BCUT2D eigenvalue weighted by molar-refractivity contribution is -0.146. The van der Waals surface area contributed by atoms with E-state index < -0.39 is 12.1 Å². The smallest absolute Gasteiger partial charge is 0.251 e. The molecule has 0 bridgehead atoms. The van der Waals surface area contributed by atoms with Crippen LogP contribution < -0.4 is 10.6 Å². The van der Waals surface area contributed by atoms with Gasteiger partial charge in [-0.05, 0) is 36.1 Å². The van der Waals surface area contributed by atoms with Crippen LogP contribution in [0, 0.1) is 0 Å². The number of carbonyl (C=O) groups excluding carboxylic acids is 3. The normalized spacial score (nSPS) is 22.7. The number of hydrogen-bond donors (Lipinski definition) is 2. The van der Waals surface area contributed by atoms with Gasteiger partial charge < -0.3 is 15.5 Å². The average Bonchev–Trinajstić information content (AvgIpc) is 3.22. The summed E-state index contributed by atoms with van der Waals surface area (Å²) in [7, 11) is 0. The number of nitrogens with one attached hydrogen (secondary N) is 2. The van der Waals surface area contributed by atoms with Gasteiger partial charge >= 0.3 is 0 Å². The quantitative estimate of drug-likeness (QED) is 0.697. The molecule has 0 aromatic heterocycles. The zero-order valence-electron chi connectivity index (χ0n) is 17.5. The molecular weight excluding hydrogens is 410 g/mol. The molecule has 2 aromatic carbocycles. The van der Waals surface area contributed by atoms with Crippen LogP contribution in [-0.4, -0.2) is 53.0 Å². The average molecular weight is 438 g/mol. The van der Waals surface area contributed by atoms with E-state index in [0.717, 1.165) is 12.2 Å². The molecule has 7 heteroatoms. The number of aryl methyl sites for hydroxylation is 1. The zero-order chi connectivity index (χ0) is 21.8. The highest BCUT2D eigenvalue weighted by atomic mass is 32.2. The highest BCUT2D eigenvalue weighted by molar-refractivity contribution is 7.98. The Labute approximate surface area is 186 Å². The Bertz CT molecular complexity index is 948. The fourth-order valence-corrected chi connectivity index (χ4v) is 5.11. The summed E-state index contributed by atoms with van der Waals surface area (Å²) in [5.41, 5.74) is 2.96. The fourth-order valence-electron chi connectivity index (χ4n) is 4.10. The van der Waals surface area contributed by atoms with Crippen LogP contribution in [0.3, 0.4) is 0 Å². The first kappa shape index (κ1) is 21.4. The van der Waals surface area contributed by atoms with Crippen LogP contribution in [0.4, 0.5) is 0 Å². The van der Waals surface area contributed by atoms with Crippen molar-refractivity contribution < 1.29 is 14.4 Å². The molecule has 2 N–H and O–H groups in total. The van der Waals surface area contributed by atoms with Gasteiger partial charge in [0.1, 0.15) is 12.1 Å². The molecule has 2 aliphatic heterocycles. The van der Waals surface area contributed by atoms with Crippen LogP contribution in [0.5, 0.6) is 0 Å². The van der Waals surface area contributed by atoms with E-state index in [2.05, 4.69) is 17.6 Å². The van der Waals surface area contributed by atoms with Gasteiger partial charge in [-0.2, -0.15) is 11.8 Å². The Kier molecular flexibility index (Phi) is 6.61. The first-order valence-corrected chi connectivity index (χ1v) is 11.8. The summed E-state index contributed by atoms with van der Waals surface area (Å²) < 4.78 is 0. The molecular formula is C24H27N3O3S. The standard InChI is InChI=1S/C24H27N3O3S/c1-2-16-8-10-18(11-9-16)22(28)25-19-12-21-23(29)26-20(24(30)27(21)13-19)15-31-14-17-6-4-3-5-7-17/h3-11,19-21H,2,12-15H2,1H3,(H,25,28)(H,26,29)/t19-,20-,21-/m0/s1. The topological polar surface area (TPSA) is 78.5 Å². The number of piperazine rings is 1. The number of fused-ring (bicyclic) bond motifs is 1. The van der Waals surface area contributed by atoms with Crippen LogP contribution in [0.2, 0.25) is 0 Å². The van der Waals surface area contributed by atoms with Crippen molar-refractivity contribution >= 4 is 29.5 Å². The molecule has 0 saturated carbocycles. The van der Waals surface area contributed by atoms with E-state index >= 15 is 0 Å². The maximum Gasteiger partial charge on any atom is 0.251 e. The Hall–Kier alpha value is -2.80. The number of hydrogen-bond acceptors (Lipinski definition) is 4. The van der Waals surface area contributed by atoms with Gasteiger partial charge in [0.05, 0.1) is 0 Å². The van der Waals surface area contributed by atoms with Crippen molar-refractivity contribution in [1.29, 1.82) is 0 Å². The Balaban J connectivity index is 1.32. The predicted molar refractivity (Wildman–Crippen MR) is 122 cm³/mol. The molecule has 3 atom stereocenters. The van der Waals surface area contributed by atoms with Gasteiger partial charge in [-0.1, -0.05) is 49.4 Å². The van der Waals surface area contributed by atoms with E-state index in [-0.39, 0.29) is 23.8 Å². The largest absolute Gasteiger partial charge is 0.347 e. The molecule has 2 fully saturated rings. The molecule has 162 valence electrons. The molecule has 2 heterocycles. The maximum atomic E-state index is 13.0. The number of rotatable bonds is 7. The summed E-state index contributed by atoms with van der Waals surface area (Å²) in [4.78, 5) is 39.8. The molecule has 2 saturated heterocycles. The molecule has 4 rings (SSSR count). The first-order chi connectivity index (χ1) is 15.0. The summed E-state index contributed by atoms with van der Waals surface area (Å²) >= 11 is 1.63. The number of thioether (sulfide) groups is 1. The van der Waals surface area contributed by atoms with Gasteiger partial charge in [-0.25, -0.2) is 0 Å². The number of amides is 3. The van der Waals surface area contributed by atoms with Crippen LogP contribution >= 0.6 is 11.8 Å². The highest BCUT2D eigenvalue weighted by Gasteiger charge is 2.46. The SMILES string of the molecule is CCc1ccc(C(=O)N[C@H]2C[C@H]3C(=O)N[C@@H](CSCc4ccccc4)C(=O)N3C2)cc1. The number of carbonyl (C=O) groups is 3. The van der Waals surface area contributed by atoms with Gasteiger partial charge in [0.15, 0.2) is 0 Å². The third-order valence-corrected chi connectivity index (χ3v) is 6.96. The second kappa shape index (κ2) is 9.56. The number of nitrogens with zero attached hydrogens (tertiary/aromatic N) is 1. The van der Waals surface area contributed by atoms with Crippen LogP contribution in [-0.2, 0) is 21.8 Å². The Morgan fingerprint density at radius 1 is 1.10 bits per heavy atom. The third-order valence-electron chi connectivity index (χ3n) is 5.86. The summed E-state index contributed by atoms with van der Waals surface area (Å²) in [5, 5.41) is 5.87. The lowest BCUT2D eigenvalue weighted by Crippen LogP contribution is -2.61. The van der Waals surface area contributed by atoms with E-state index in [1.54, 1.807) is 16.7 Å². The van der Waals surface area contributed by atoms with E-state index in [0.29, 0.717) is 24.3 Å². The van der Waals surface area contributed by atoms with Crippen molar-refractivity contribution in [2.75, 3.05) is 12.3 Å². The van der Waals surface area contributed by atoms with Crippen molar-refractivity contribution in [1.82, 2.24) is 15.5 Å². The highest BCUT2D eigenvalue weighted by Crippen LogP contribution is 2.25. The van der Waals surface area contributed by atoms with Crippen LogP contribution in [0.15, 0.2) is 54.6 Å². The van der Waals surface area contributed by atoms with Gasteiger partial charge in [0.25, 0.3) is 5.91 Å². The van der Waals surface area contributed by atoms with Crippen LogP contribution in [0.1, 0.15) is 34.8 Å². The molecule has 0 spiro atoms. The monoisotopic (exact) mass is 437 g/mol. The van der Waals surface area contributed by atoms with E-state index in [4.69, 9.17) is 0 Å². The molecule has 2 aliphatic rings. The molecule has 0 aliphatic carbocycles. The van der Waals surface area contributed by atoms with E-state index in [1.165, 1.54) is 11.1 Å². The minimum atomic E-state index is -0.520. The van der Waals surface area contributed by atoms with Gasteiger partial charge in [0.2, 0.25) is 11.8 Å². The van der Waals surface area contributed by atoms with Crippen molar-refractivity contribution in [3.8, 4) is 0 Å². The summed E-state index contributed by atoms with van der Waals surface area (Å²) in [6.45, 7) is 2.44. The van der Waals surface area contributed by atoms with E-state index in [1.807, 2.05) is 54.6 Å². The lowest BCUT2D eigenvalue weighted by Gasteiger charge is -2.34.